The minimum Gasteiger partial charge on any atom is -0.485 e. The SMILES string of the molecule is CCC(C)(C)Oc1ccc(Br)cc1F. The van der Waals surface area contributed by atoms with Crippen LogP contribution in [0.25, 0.3) is 0 Å². The van der Waals surface area contributed by atoms with Crippen LogP contribution >= 0.6 is 15.9 Å². The van der Waals surface area contributed by atoms with Gasteiger partial charge in [0.25, 0.3) is 0 Å². The maximum Gasteiger partial charge on any atom is 0.166 e. The standard InChI is InChI=1S/C11H14BrFO/c1-4-11(2,3)14-10-6-5-8(12)7-9(10)13/h5-7H,4H2,1-3H3. The summed E-state index contributed by atoms with van der Waals surface area (Å²) in [5.74, 6) is -0.0269. The molecule has 0 aromatic heterocycles. The number of halogens is 2. The fraction of sp³-hybridized carbons (Fsp3) is 0.455. The molecule has 0 heterocycles. The minimum atomic E-state index is -0.332. The first kappa shape index (κ1) is 11.5. The van der Waals surface area contributed by atoms with Crippen LogP contribution in [0, 0.1) is 5.82 Å². The van der Waals surface area contributed by atoms with Crippen LogP contribution in [0.4, 0.5) is 4.39 Å². The highest BCUT2D eigenvalue weighted by molar-refractivity contribution is 9.10. The Balaban J connectivity index is 2.87. The molecule has 0 aliphatic rings. The van der Waals surface area contributed by atoms with E-state index < -0.39 is 0 Å². The van der Waals surface area contributed by atoms with Crippen LogP contribution in [0.2, 0.25) is 0 Å². The molecule has 1 aromatic rings. The Bertz CT molecular complexity index is 323. The molecule has 0 N–H and O–H groups in total. The third-order valence-electron chi connectivity index (χ3n) is 2.13. The van der Waals surface area contributed by atoms with Crippen molar-refractivity contribution < 1.29 is 9.13 Å². The second-order valence-electron chi connectivity index (χ2n) is 3.79. The quantitative estimate of drug-likeness (QED) is 0.793. The van der Waals surface area contributed by atoms with E-state index in [0.29, 0.717) is 5.75 Å². The summed E-state index contributed by atoms with van der Waals surface area (Å²) in [6.07, 6.45) is 0.836. The fourth-order valence-electron chi connectivity index (χ4n) is 0.928. The van der Waals surface area contributed by atoms with Gasteiger partial charge < -0.3 is 4.74 Å². The highest BCUT2D eigenvalue weighted by Crippen LogP contribution is 2.26. The van der Waals surface area contributed by atoms with Gasteiger partial charge in [0.2, 0.25) is 0 Å². The van der Waals surface area contributed by atoms with Crippen molar-refractivity contribution in [3.05, 3.63) is 28.5 Å². The predicted molar refractivity (Wildman–Crippen MR) is 59.1 cm³/mol. The first-order chi connectivity index (χ1) is 6.44. The van der Waals surface area contributed by atoms with Crippen LogP contribution in [0.15, 0.2) is 22.7 Å². The van der Waals surface area contributed by atoms with Gasteiger partial charge in [0.05, 0.1) is 0 Å². The van der Waals surface area contributed by atoms with E-state index in [1.165, 1.54) is 6.07 Å². The van der Waals surface area contributed by atoms with Gasteiger partial charge in [-0.3, -0.25) is 0 Å². The normalized spacial score (nSPS) is 11.5. The number of hydrogen-bond acceptors (Lipinski definition) is 1. The summed E-state index contributed by atoms with van der Waals surface area (Å²) >= 11 is 3.20. The molecule has 1 nitrogen and oxygen atoms in total. The topological polar surface area (TPSA) is 9.23 Å². The monoisotopic (exact) mass is 260 g/mol. The van der Waals surface area contributed by atoms with Crippen molar-refractivity contribution in [3.8, 4) is 5.75 Å². The number of hydrogen-bond donors (Lipinski definition) is 0. The van der Waals surface area contributed by atoms with E-state index in [1.807, 2.05) is 20.8 Å². The molecule has 1 aromatic carbocycles. The van der Waals surface area contributed by atoms with Gasteiger partial charge in [-0.15, -0.1) is 0 Å². The summed E-state index contributed by atoms with van der Waals surface area (Å²) in [5, 5.41) is 0. The van der Waals surface area contributed by atoms with Gasteiger partial charge in [0.15, 0.2) is 11.6 Å². The van der Waals surface area contributed by atoms with Gasteiger partial charge in [0, 0.05) is 4.47 Å². The zero-order valence-corrected chi connectivity index (χ0v) is 10.2. The molecule has 3 heteroatoms. The largest absolute Gasteiger partial charge is 0.485 e. The van der Waals surface area contributed by atoms with E-state index in [2.05, 4.69) is 15.9 Å². The van der Waals surface area contributed by atoms with Gasteiger partial charge >= 0.3 is 0 Å². The molecule has 0 aliphatic carbocycles. The molecule has 0 bridgehead atoms. The first-order valence-corrected chi connectivity index (χ1v) is 5.38. The average molecular weight is 261 g/mol. The first-order valence-electron chi connectivity index (χ1n) is 4.58. The molecule has 0 radical (unpaired) electrons. The van der Waals surface area contributed by atoms with Crippen LogP contribution in [-0.4, -0.2) is 5.60 Å². The summed E-state index contributed by atoms with van der Waals surface area (Å²) in [4.78, 5) is 0. The Kier molecular flexibility index (Phi) is 3.53. The lowest BCUT2D eigenvalue weighted by Gasteiger charge is -2.25. The summed E-state index contributed by atoms with van der Waals surface area (Å²) in [7, 11) is 0. The van der Waals surface area contributed by atoms with Crippen molar-refractivity contribution in [1.82, 2.24) is 0 Å². The lowest BCUT2D eigenvalue weighted by atomic mass is 10.1. The molecule has 0 unspecified atom stereocenters. The molecule has 0 saturated heterocycles. The molecular weight excluding hydrogens is 247 g/mol. The van der Waals surface area contributed by atoms with Crippen molar-refractivity contribution in [2.24, 2.45) is 0 Å². The Morgan fingerprint density at radius 2 is 2.07 bits per heavy atom. The second-order valence-corrected chi connectivity index (χ2v) is 4.71. The van der Waals surface area contributed by atoms with Gasteiger partial charge in [0.1, 0.15) is 5.60 Å². The van der Waals surface area contributed by atoms with Crippen molar-refractivity contribution >= 4 is 15.9 Å². The molecule has 0 amide bonds. The van der Waals surface area contributed by atoms with E-state index in [9.17, 15) is 4.39 Å². The number of benzene rings is 1. The van der Waals surface area contributed by atoms with Crippen LogP contribution in [0.5, 0.6) is 5.75 Å². The van der Waals surface area contributed by atoms with Gasteiger partial charge in [-0.05, 0) is 38.5 Å². The van der Waals surface area contributed by atoms with E-state index >= 15 is 0 Å². The maximum atomic E-state index is 13.4. The van der Waals surface area contributed by atoms with Crippen LogP contribution in [-0.2, 0) is 0 Å². The van der Waals surface area contributed by atoms with Crippen molar-refractivity contribution in [2.45, 2.75) is 32.8 Å². The Labute approximate surface area is 92.4 Å². The van der Waals surface area contributed by atoms with E-state index in [-0.39, 0.29) is 11.4 Å². The third-order valence-corrected chi connectivity index (χ3v) is 2.62. The molecule has 0 aliphatic heterocycles. The molecule has 14 heavy (non-hydrogen) atoms. The van der Waals surface area contributed by atoms with E-state index in [0.717, 1.165) is 10.9 Å². The maximum absolute atomic E-state index is 13.4. The zero-order chi connectivity index (χ0) is 10.8. The Hall–Kier alpha value is -0.570. The number of rotatable bonds is 3. The lowest BCUT2D eigenvalue weighted by molar-refractivity contribution is 0.0994. The Morgan fingerprint density at radius 1 is 1.43 bits per heavy atom. The van der Waals surface area contributed by atoms with Crippen molar-refractivity contribution in [3.63, 3.8) is 0 Å². The lowest BCUT2D eigenvalue weighted by Crippen LogP contribution is -2.27. The molecule has 0 fully saturated rings. The number of ether oxygens (including phenoxy) is 1. The van der Waals surface area contributed by atoms with Gasteiger partial charge in [-0.1, -0.05) is 22.9 Å². The van der Waals surface area contributed by atoms with Crippen LogP contribution in [0.1, 0.15) is 27.2 Å². The molecule has 0 spiro atoms. The zero-order valence-electron chi connectivity index (χ0n) is 8.60. The van der Waals surface area contributed by atoms with E-state index in [4.69, 9.17) is 4.74 Å². The van der Waals surface area contributed by atoms with Gasteiger partial charge in [-0.2, -0.15) is 0 Å². The summed E-state index contributed by atoms with van der Waals surface area (Å²) < 4.78 is 19.6. The molecular formula is C11H14BrFO. The Morgan fingerprint density at radius 3 is 2.57 bits per heavy atom. The molecule has 1 rings (SSSR count). The minimum absolute atomic E-state index is 0.306. The highest BCUT2D eigenvalue weighted by atomic mass is 79.9. The predicted octanol–water partition coefficient (Wildman–Crippen LogP) is 4.16. The van der Waals surface area contributed by atoms with Gasteiger partial charge in [-0.25, -0.2) is 4.39 Å². The highest BCUT2D eigenvalue weighted by Gasteiger charge is 2.18. The molecule has 78 valence electrons. The summed E-state index contributed by atoms with van der Waals surface area (Å²) in [5.41, 5.74) is -0.325. The summed E-state index contributed by atoms with van der Waals surface area (Å²) in [6, 6.07) is 4.81. The van der Waals surface area contributed by atoms with E-state index in [1.54, 1.807) is 12.1 Å². The molecule has 0 atom stereocenters. The third kappa shape index (κ3) is 2.98. The summed E-state index contributed by atoms with van der Waals surface area (Å²) in [6.45, 7) is 5.89. The second kappa shape index (κ2) is 4.30. The van der Waals surface area contributed by atoms with Crippen molar-refractivity contribution in [1.29, 1.82) is 0 Å². The smallest absolute Gasteiger partial charge is 0.166 e. The molecule has 0 saturated carbocycles. The van der Waals surface area contributed by atoms with Crippen LogP contribution in [0.3, 0.4) is 0 Å². The van der Waals surface area contributed by atoms with Crippen LogP contribution < -0.4 is 4.74 Å². The average Bonchev–Trinajstić information content (AvgIpc) is 2.10. The van der Waals surface area contributed by atoms with Crippen molar-refractivity contribution in [2.75, 3.05) is 0 Å². The fourth-order valence-corrected chi connectivity index (χ4v) is 1.26.